The Morgan fingerprint density at radius 3 is 2.33 bits per heavy atom. The summed E-state index contributed by atoms with van der Waals surface area (Å²) in [6.45, 7) is 3.18. The third-order valence-electron chi connectivity index (χ3n) is 2.30. The molecule has 12 heavy (non-hydrogen) atoms. The molecular formula is C9H19NO2. The Kier molecular flexibility index (Phi) is 3.98. The van der Waals surface area contributed by atoms with Crippen molar-refractivity contribution in [1.29, 1.82) is 0 Å². The number of hydrogen-bond donors (Lipinski definition) is 1. The Morgan fingerprint density at radius 1 is 1.33 bits per heavy atom. The summed E-state index contributed by atoms with van der Waals surface area (Å²) in [5.74, 6) is 0.904. The maximum absolute atomic E-state index is 5.13. The number of nitrogens with one attached hydrogen (secondary N) is 1. The lowest BCUT2D eigenvalue weighted by molar-refractivity contribution is -0.119. The van der Waals surface area contributed by atoms with E-state index >= 15 is 0 Å². The van der Waals surface area contributed by atoms with Crippen molar-refractivity contribution in [2.75, 3.05) is 20.8 Å². The topological polar surface area (TPSA) is 30.5 Å². The van der Waals surface area contributed by atoms with E-state index in [1.807, 2.05) is 0 Å². The van der Waals surface area contributed by atoms with Crippen LogP contribution < -0.4 is 5.32 Å². The predicted molar refractivity (Wildman–Crippen MR) is 48.0 cm³/mol. The number of methoxy groups -OCH3 is 2. The van der Waals surface area contributed by atoms with Gasteiger partial charge >= 0.3 is 0 Å². The third-order valence-corrected chi connectivity index (χ3v) is 2.30. The molecule has 72 valence electrons. The average Bonchev–Trinajstić information content (AvgIpc) is 2.86. The molecule has 3 heteroatoms. The molecule has 0 saturated heterocycles. The summed E-state index contributed by atoms with van der Waals surface area (Å²) in [6.07, 6.45) is 2.64. The van der Waals surface area contributed by atoms with Crippen LogP contribution in [0.2, 0.25) is 0 Å². The van der Waals surface area contributed by atoms with Crippen LogP contribution in [0.4, 0.5) is 0 Å². The smallest absolute Gasteiger partial charge is 0.171 e. The van der Waals surface area contributed by atoms with Gasteiger partial charge in [-0.25, -0.2) is 0 Å². The zero-order valence-corrected chi connectivity index (χ0v) is 8.17. The van der Waals surface area contributed by atoms with Gasteiger partial charge in [0.25, 0.3) is 0 Å². The van der Waals surface area contributed by atoms with Gasteiger partial charge in [0, 0.05) is 14.2 Å². The molecule has 0 bridgehead atoms. The average molecular weight is 173 g/mol. The van der Waals surface area contributed by atoms with Gasteiger partial charge in [0.05, 0.1) is 6.04 Å². The second-order valence-corrected chi connectivity index (χ2v) is 3.48. The van der Waals surface area contributed by atoms with Gasteiger partial charge in [-0.3, -0.25) is 0 Å². The fraction of sp³-hybridized carbons (Fsp3) is 1.00. The van der Waals surface area contributed by atoms with Crippen LogP contribution in [0.25, 0.3) is 0 Å². The van der Waals surface area contributed by atoms with E-state index in [-0.39, 0.29) is 12.3 Å². The summed E-state index contributed by atoms with van der Waals surface area (Å²) in [7, 11) is 3.34. The minimum Gasteiger partial charge on any atom is -0.354 e. The van der Waals surface area contributed by atoms with E-state index in [1.165, 1.54) is 12.8 Å². The van der Waals surface area contributed by atoms with E-state index in [1.54, 1.807) is 14.2 Å². The molecule has 1 fully saturated rings. The Balaban J connectivity index is 2.10. The third kappa shape index (κ3) is 3.09. The van der Waals surface area contributed by atoms with Gasteiger partial charge in [-0.05, 0) is 32.2 Å². The van der Waals surface area contributed by atoms with Crippen LogP contribution in [0, 0.1) is 5.92 Å². The summed E-state index contributed by atoms with van der Waals surface area (Å²) in [5.41, 5.74) is 0. The lowest BCUT2D eigenvalue weighted by Crippen LogP contribution is -2.40. The molecule has 0 aromatic heterocycles. The van der Waals surface area contributed by atoms with E-state index < -0.39 is 0 Å². The molecule has 0 aliphatic heterocycles. The summed E-state index contributed by atoms with van der Waals surface area (Å²) in [6, 6.07) is 0.278. The molecule has 0 heterocycles. The fourth-order valence-corrected chi connectivity index (χ4v) is 1.28. The van der Waals surface area contributed by atoms with Crippen LogP contribution in [0.3, 0.4) is 0 Å². The molecule has 3 nitrogen and oxygen atoms in total. The predicted octanol–water partition coefficient (Wildman–Crippen LogP) is 0.993. The highest BCUT2D eigenvalue weighted by molar-refractivity contribution is 4.77. The highest BCUT2D eigenvalue weighted by Gasteiger charge is 2.23. The molecule has 1 unspecified atom stereocenters. The second kappa shape index (κ2) is 4.80. The van der Waals surface area contributed by atoms with Gasteiger partial charge in [-0.2, -0.15) is 0 Å². The largest absolute Gasteiger partial charge is 0.354 e. The molecule has 1 atom stereocenters. The first-order valence-electron chi connectivity index (χ1n) is 4.57. The quantitative estimate of drug-likeness (QED) is 0.608. The molecule has 1 aliphatic rings. The molecule has 0 aromatic rings. The minimum atomic E-state index is -0.122. The summed E-state index contributed by atoms with van der Waals surface area (Å²) in [4.78, 5) is 0. The maximum Gasteiger partial charge on any atom is 0.171 e. The second-order valence-electron chi connectivity index (χ2n) is 3.48. The molecule has 1 saturated carbocycles. The molecule has 1 rings (SSSR count). The van der Waals surface area contributed by atoms with Gasteiger partial charge in [0.1, 0.15) is 0 Å². The van der Waals surface area contributed by atoms with E-state index in [2.05, 4.69) is 12.2 Å². The van der Waals surface area contributed by atoms with Crippen molar-refractivity contribution in [1.82, 2.24) is 5.32 Å². The van der Waals surface area contributed by atoms with Gasteiger partial charge in [0.2, 0.25) is 0 Å². The van der Waals surface area contributed by atoms with E-state index in [0.717, 1.165) is 12.5 Å². The Morgan fingerprint density at radius 2 is 1.92 bits per heavy atom. The van der Waals surface area contributed by atoms with E-state index in [0.29, 0.717) is 0 Å². The zero-order valence-electron chi connectivity index (χ0n) is 8.17. The molecular weight excluding hydrogens is 154 g/mol. The van der Waals surface area contributed by atoms with E-state index in [4.69, 9.17) is 9.47 Å². The lowest BCUT2D eigenvalue weighted by Gasteiger charge is -2.21. The van der Waals surface area contributed by atoms with Crippen molar-refractivity contribution in [3.05, 3.63) is 0 Å². The van der Waals surface area contributed by atoms with Crippen molar-refractivity contribution in [2.45, 2.75) is 32.1 Å². The zero-order chi connectivity index (χ0) is 8.97. The first-order chi connectivity index (χ1) is 5.77. The SMILES string of the molecule is COC(OC)C(C)NCC1CC1. The standard InChI is InChI=1S/C9H19NO2/c1-7(9(11-2)12-3)10-6-8-4-5-8/h7-10H,4-6H2,1-3H3. The normalized spacial score (nSPS) is 20.0. The van der Waals surface area contributed by atoms with Gasteiger partial charge in [0.15, 0.2) is 6.29 Å². The van der Waals surface area contributed by atoms with Crippen LogP contribution in [-0.2, 0) is 9.47 Å². The monoisotopic (exact) mass is 173 g/mol. The van der Waals surface area contributed by atoms with Crippen LogP contribution in [-0.4, -0.2) is 33.1 Å². The van der Waals surface area contributed by atoms with Crippen LogP contribution in [0.5, 0.6) is 0 Å². The van der Waals surface area contributed by atoms with E-state index in [9.17, 15) is 0 Å². The molecule has 0 amide bonds. The van der Waals surface area contributed by atoms with Crippen LogP contribution >= 0.6 is 0 Å². The molecule has 1 aliphatic carbocycles. The molecule has 0 radical (unpaired) electrons. The highest BCUT2D eigenvalue weighted by atomic mass is 16.7. The Labute approximate surface area is 74.4 Å². The first-order valence-corrected chi connectivity index (χ1v) is 4.57. The Bertz CT molecular complexity index is 122. The van der Waals surface area contributed by atoms with Crippen LogP contribution in [0.15, 0.2) is 0 Å². The van der Waals surface area contributed by atoms with Crippen molar-refractivity contribution in [3.8, 4) is 0 Å². The fourth-order valence-electron chi connectivity index (χ4n) is 1.28. The summed E-state index contributed by atoms with van der Waals surface area (Å²) in [5, 5.41) is 3.40. The van der Waals surface area contributed by atoms with Gasteiger partial charge in [-0.1, -0.05) is 0 Å². The highest BCUT2D eigenvalue weighted by Crippen LogP contribution is 2.27. The lowest BCUT2D eigenvalue weighted by atomic mass is 10.3. The van der Waals surface area contributed by atoms with Crippen molar-refractivity contribution < 1.29 is 9.47 Å². The minimum absolute atomic E-state index is 0.122. The Hall–Kier alpha value is -0.120. The summed E-state index contributed by atoms with van der Waals surface area (Å²) >= 11 is 0. The number of ether oxygens (including phenoxy) is 2. The molecule has 1 N–H and O–H groups in total. The first kappa shape index (κ1) is 9.96. The van der Waals surface area contributed by atoms with Crippen molar-refractivity contribution in [3.63, 3.8) is 0 Å². The number of hydrogen-bond acceptors (Lipinski definition) is 3. The van der Waals surface area contributed by atoms with Gasteiger partial charge in [-0.15, -0.1) is 0 Å². The van der Waals surface area contributed by atoms with Crippen molar-refractivity contribution in [2.24, 2.45) is 5.92 Å². The van der Waals surface area contributed by atoms with Gasteiger partial charge < -0.3 is 14.8 Å². The van der Waals surface area contributed by atoms with Crippen molar-refractivity contribution >= 4 is 0 Å². The molecule has 0 aromatic carbocycles. The van der Waals surface area contributed by atoms with Crippen LogP contribution in [0.1, 0.15) is 19.8 Å². The summed E-state index contributed by atoms with van der Waals surface area (Å²) < 4.78 is 10.3. The number of rotatable bonds is 6. The maximum atomic E-state index is 5.13. The molecule has 0 spiro atoms.